The number of rotatable bonds is 6. The minimum Gasteiger partial charge on any atom is -0.475 e. The van der Waals surface area contributed by atoms with E-state index in [2.05, 4.69) is 20.3 Å². The Bertz CT molecular complexity index is 1410. The summed E-state index contributed by atoms with van der Waals surface area (Å²) in [7, 11) is 0. The number of pyridine rings is 2. The number of anilines is 3. The summed E-state index contributed by atoms with van der Waals surface area (Å²) in [6.45, 7) is 5.34. The van der Waals surface area contributed by atoms with Crippen molar-refractivity contribution in [2.45, 2.75) is 57.2 Å². The summed E-state index contributed by atoms with van der Waals surface area (Å²) >= 11 is 6.67. The molecule has 3 aliphatic heterocycles. The molecule has 3 fully saturated rings. The van der Waals surface area contributed by atoms with Crippen molar-refractivity contribution in [3.05, 3.63) is 41.8 Å². The second-order valence-electron chi connectivity index (χ2n) is 10.5. The SMILES string of the molecule is CC1(C)OC[C@@H](COc2cc(NC(=O)N3c4nc(-c5cnn(C6CC6)c5)c(Cl)cc4N4CC[C@@H]43)ccn2)O1. The lowest BCUT2D eigenvalue weighted by molar-refractivity contribution is -0.141. The van der Waals surface area contributed by atoms with Crippen LogP contribution in [-0.2, 0) is 9.47 Å². The molecule has 198 valence electrons. The number of carbonyl (C=O) groups is 1. The Morgan fingerprint density at radius 2 is 2.16 bits per heavy atom. The van der Waals surface area contributed by atoms with Crippen molar-refractivity contribution in [2.75, 3.05) is 34.9 Å². The highest BCUT2D eigenvalue weighted by Gasteiger charge is 2.46. The summed E-state index contributed by atoms with van der Waals surface area (Å²) in [6, 6.07) is 5.51. The number of nitrogens with zero attached hydrogens (tertiary/aromatic N) is 6. The van der Waals surface area contributed by atoms with Crippen LogP contribution in [0.3, 0.4) is 0 Å². The molecule has 3 aromatic heterocycles. The van der Waals surface area contributed by atoms with Gasteiger partial charge in [-0.3, -0.25) is 9.58 Å². The maximum absolute atomic E-state index is 13.6. The molecular weight excluding hydrogens is 510 g/mol. The second-order valence-corrected chi connectivity index (χ2v) is 10.9. The molecule has 1 aliphatic carbocycles. The molecule has 0 bridgehead atoms. The molecule has 1 saturated carbocycles. The fraction of sp³-hybridized carbons (Fsp3) is 0.462. The summed E-state index contributed by atoms with van der Waals surface area (Å²) in [6.07, 6.45) is 8.21. The van der Waals surface area contributed by atoms with E-state index in [1.54, 1.807) is 29.4 Å². The first kappa shape index (κ1) is 23.7. The first-order chi connectivity index (χ1) is 18.3. The minimum absolute atomic E-state index is 0.0987. The lowest BCUT2D eigenvalue weighted by Gasteiger charge is -2.39. The third-order valence-corrected chi connectivity index (χ3v) is 7.53. The zero-order chi connectivity index (χ0) is 26.0. The van der Waals surface area contributed by atoms with Gasteiger partial charge < -0.3 is 24.4 Å². The molecule has 3 aromatic rings. The Balaban J connectivity index is 1.09. The van der Waals surface area contributed by atoms with Gasteiger partial charge in [0.25, 0.3) is 0 Å². The van der Waals surface area contributed by atoms with E-state index in [0.29, 0.717) is 47.4 Å². The Morgan fingerprint density at radius 1 is 1.29 bits per heavy atom. The maximum atomic E-state index is 13.6. The Hall–Kier alpha value is -3.41. The van der Waals surface area contributed by atoms with Crippen LogP contribution in [0.5, 0.6) is 5.88 Å². The van der Waals surface area contributed by atoms with Gasteiger partial charge in [-0.05, 0) is 38.8 Å². The van der Waals surface area contributed by atoms with E-state index in [-0.39, 0.29) is 18.3 Å². The molecular formula is C26H28ClN7O4. The number of carbonyl (C=O) groups excluding carboxylic acids is 1. The van der Waals surface area contributed by atoms with Gasteiger partial charge in [0.1, 0.15) is 18.9 Å². The monoisotopic (exact) mass is 537 g/mol. The molecule has 11 nitrogen and oxygen atoms in total. The number of aromatic nitrogens is 4. The fourth-order valence-corrected chi connectivity index (χ4v) is 5.38. The molecule has 6 heterocycles. The van der Waals surface area contributed by atoms with E-state index < -0.39 is 5.79 Å². The van der Waals surface area contributed by atoms with E-state index in [9.17, 15) is 4.79 Å². The van der Waals surface area contributed by atoms with Gasteiger partial charge >= 0.3 is 6.03 Å². The van der Waals surface area contributed by atoms with Gasteiger partial charge in [0, 0.05) is 42.7 Å². The first-order valence-electron chi connectivity index (χ1n) is 12.9. The average molecular weight is 538 g/mol. The third-order valence-electron chi connectivity index (χ3n) is 7.25. The average Bonchev–Trinajstić information content (AvgIpc) is 3.42. The van der Waals surface area contributed by atoms with Crippen LogP contribution in [-0.4, -0.2) is 63.6 Å². The summed E-state index contributed by atoms with van der Waals surface area (Å²) in [5.41, 5.74) is 2.90. The molecule has 1 N–H and O–H groups in total. The molecule has 4 aliphatic rings. The number of halogens is 1. The number of urea groups is 1. The number of amides is 2. The summed E-state index contributed by atoms with van der Waals surface area (Å²) < 4.78 is 19.1. The topological polar surface area (TPSA) is 107 Å². The maximum Gasteiger partial charge on any atom is 0.329 e. The van der Waals surface area contributed by atoms with Crippen LogP contribution < -0.4 is 19.9 Å². The smallest absolute Gasteiger partial charge is 0.329 e. The quantitative estimate of drug-likeness (QED) is 0.491. The lowest BCUT2D eigenvalue weighted by atomic mass is 10.1. The van der Waals surface area contributed by atoms with E-state index >= 15 is 0 Å². The number of hydrogen-bond acceptors (Lipinski definition) is 8. The highest BCUT2D eigenvalue weighted by molar-refractivity contribution is 6.33. The van der Waals surface area contributed by atoms with Gasteiger partial charge in [0.05, 0.1) is 35.2 Å². The van der Waals surface area contributed by atoms with Crippen LogP contribution in [0.1, 0.15) is 39.2 Å². The van der Waals surface area contributed by atoms with Crippen molar-refractivity contribution < 1.29 is 19.0 Å². The van der Waals surface area contributed by atoms with Crippen molar-refractivity contribution in [3.8, 4) is 17.1 Å². The van der Waals surface area contributed by atoms with Gasteiger partial charge in [-0.2, -0.15) is 5.10 Å². The van der Waals surface area contributed by atoms with Crippen molar-refractivity contribution in [3.63, 3.8) is 0 Å². The predicted octanol–water partition coefficient (Wildman–Crippen LogP) is 4.45. The molecule has 38 heavy (non-hydrogen) atoms. The molecule has 2 atom stereocenters. The molecule has 2 saturated heterocycles. The van der Waals surface area contributed by atoms with Gasteiger partial charge in [-0.15, -0.1) is 0 Å². The third kappa shape index (κ3) is 4.24. The number of ether oxygens (including phenoxy) is 3. The Morgan fingerprint density at radius 3 is 2.89 bits per heavy atom. The fourth-order valence-electron chi connectivity index (χ4n) is 5.13. The first-order valence-corrected chi connectivity index (χ1v) is 13.2. The minimum atomic E-state index is -0.617. The molecule has 0 unspecified atom stereocenters. The Kier molecular flexibility index (Phi) is 5.50. The van der Waals surface area contributed by atoms with Crippen LogP contribution in [0.25, 0.3) is 11.3 Å². The van der Waals surface area contributed by atoms with Gasteiger partial charge in [-0.25, -0.2) is 14.8 Å². The molecule has 0 aromatic carbocycles. The van der Waals surface area contributed by atoms with Crippen LogP contribution in [0.2, 0.25) is 5.02 Å². The highest BCUT2D eigenvalue weighted by atomic mass is 35.5. The van der Waals surface area contributed by atoms with Crippen molar-refractivity contribution in [2.24, 2.45) is 0 Å². The second kappa shape index (κ2) is 8.82. The molecule has 0 radical (unpaired) electrons. The van der Waals surface area contributed by atoms with Crippen LogP contribution in [0.4, 0.5) is 22.0 Å². The number of nitrogens with one attached hydrogen (secondary N) is 1. The summed E-state index contributed by atoms with van der Waals surface area (Å²) in [4.78, 5) is 26.5. The number of hydrogen-bond donors (Lipinski definition) is 1. The van der Waals surface area contributed by atoms with Gasteiger partial charge in [0.2, 0.25) is 5.88 Å². The highest BCUT2D eigenvalue weighted by Crippen LogP contribution is 2.47. The van der Waals surface area contributed by atoms with Crippen molar-refractivity contribution >= 4 is 34.8 Å². The molecule has 12 heteroatoms. The Labute approximate surface area is 224 Å². The molecule has 7 rings (SSSR count). The summed E-state index contributed by atoms with van der Waals surface area (Å²) in [5.74, 6) is 0.368. The van der Waals surface area contributed by atoms with E-state index in [1.807, 2.05) is 30.8 Å². The zero-order valence-corrected chi connectivity index (χ0v) is 21.9. The van der Waals surface area contributed by atoms with Crippen molar-refractivity contribution in [1.82, 2.24) is 19.7 Å². The van der Waals surface area contributed by atoms with E-state index in [0.717, 1.165) is 37.1 Å². The van der Waals surface area contributed by atoms with Gasteiger partial charge in [-0.1, -0.05) is 11.6 Å². The predicted molar refractivity (Wildman–Crippen MR) is 141 cm³/mol. The largest absolute Gasteiger partial charge is 0.475 e. The van der Waals surface area contributed by atoms with Crippen LogP contribution >= 0.6 is 11.6 Å². The van der Waals surface area contributed by atoms with Crippen LogP contribution in [0.15, 0.2) is 36.8 Å². The van der Waals surface area contributed by atoms with Crippen LogP contribution in [0, 0.1) is 0 Å². The van der Waals surface area contributed by atoms with Crippen molar-refractivity contribution in [1.29, 1.82) is 0 Å². The van der Waals surface area contributed by atoms with E-state index in [4.69, 9.17) is 30.8 Å². The van der Waals surface area contributed by atoms with E-state index in [1.165, 1.54) is 0 Å². The molecule has 2 amide bonds. The zero-order valence-electron chi connectivity index (χ0n) is 21.1. The number of fused-ring (bicyclic) bond motifs is 3. The molecule has 0 spiro atoms. The normalized spacial score (nSPS) is 23.1. The summed E-state index contributed by atoms with van der Waals surface area (Å²) in [5, 5.41) is 8.01. The lowest BCUT2D eigenvalue weighted by Crippen LogP contribution is -2.56. The van der Waals surface area contributed by atoms with Gasteiger partial charge in [0.15, 0.2) is 11.6 Å². The standard InChI is InChI=1S/C26H28ClN7O4/c1-26(2)37-14-18(38-26)13-36-21-9-16(5-7-28-21)30-25(35)34-22-6-8-32(22)20-10-19(27)23(31-24(20)34)15-11-29-33(12-15)17-3-4-17/h5,7,9-12,17-18,22H,3-4,6,8,13-14H2,1-2H3,(H,28,30,35)/t18-,22+/m1/s1.